The van der Waals surface area contributed by atoms with Crippen molar-refractivity contribution in [2.75, 3.05) is 20.3 Å². The molecule has 1 aliphatic heterocycles. The standard InChI is InChI=1S/C15H19NO3S/c1-11-6-13(9-19-11)15(18)16(2)8-14-7-12(10-20-14)4-3-5-17/h7,10-11,13,17H,5-6,8-9H2,1-2H3. The number of amides is 1. The van der Waals surface area contributed by atoms with Gasteiger partial charge in [0.25, 0.3) is 0 Å². The van der Waals surface area contributed by atoms with Crippen molar-refractivity contribution in [1.29, 1.82) is 0 Å². The van der Waals surface area contributed by atoms with Crippen LogP contribution in [0, 0.1) is 17.8 Å². The fraction of sp³-hybridized carbons (Fsp3) is 0.533. The van der Waals surface area contributed by atoms with Gasteiger partial charge in [-0.1, -0.05) is 11.8 Å². The Balaban J connectivity index is 1.92. The Morgan fingerprint density at radius 3 is 3.10 bits per heavy atom. The molecule has 5 heteroatoms. The van der Waals surface area contributed by atoms with E-state index in [0.717, 1.165) is 16.9 Å². The molecule has 0 spiro atoms. The minimum absolute atomic E-state index is 0.0105. The van der Waals surface area contributed by atoms with Crippen LogP contribution in [0.2, 0.25) is 0 Å². The van der Waals surface area contributed by atoms with Gasteiger partial charge in [0.2, 0.25) is 5.91 Å². The fourth-order valence-electron chi connectivity index (χ4n) is 2.28. The third kappa shape index (κ3) is 3.83. The molecule has 1 aromatic heterocycles. The molecule has 0 saturated carbocycles. The molecular weight excluding hydrogens is 274 g/mol. The summed E-state index contributed by atoms with van der Waals surface area (Å²) in [4.78, 5) is 15.1. The molecule has 1 amide bonds. The number of thiophene rings is 1. The summed E-state index contributed by atoms with van der Waals surface area (Å²) in [5.41, 5.74) is 0.887. The van der Waals surface area contributed by atoms with E-state index in [9.17, 15) is 4.79 Å². The zero-order chi connectivity index (χ0) is 14.5. The number of hydrogen-bond donors (Lipinski definition) is 1. The van der Waals surface area contributed by atoms with Crippen LogP contribution in [0.15, 0.2) is 11.4 Å². The third-order valence-electron chi connectivity index (χ3n) is 3.28. The van der Waals surface area contributed by atoms with E-state index in [2.05, 4.69) is 11.8 Å². The number of aliphatic hydroxyl groups is 1. The first-order valence-corrected chi connectivity index (χ1v) is 7.52. The molecular formula is C15H19NO3S. The minimum Gasteiger partial charge on any atom is -0.384 e. The van der Waals surface area contributed by atoms with Crippen LogP contribution < -0.4 is 0 Å². The maximum Gasteiger partial charge on any atom is 0.228 e. The first-order valence-electron chi connectivity index (χ1n) is 6.64. The van der Waals surface area contributed by atoms with Crippen molar-refractivity contribution in [3.05, 3.63) is 21.9 Å². The molecule has 1 saturated heterocycles. The molecule has 108 valence electrons. The van der Waals surface area contributed by atoms with Gasteiger partial charge in [-0.25, -0.2) is 0 Å². The zero-order valence-corrected chi connectivity index (χ0v) is 12.6. The number of rotatable bonds is 3. The highest BCUT2D eigenvalue weighted by atomic mass is 32.1. The first kappa shape index (κ1) is 15.0. The van der Waals surface area contributed by atoms with Gasteiger partial charge in [0.05, 0.1) is 25.2 Å². The lowest BCUT2D eigenvalue weighted by atomic mass is 10.1. The van der Waals surface area contributed by atoms with Crippen molar-refractivity contribution in [2.24, 2.45) is 5.92 Å². The molecule has 1 aliphatic rings. The lowest BCUT2D eigenvalue weighted by molar-refractivity contribution is -0.134. The maximum atomic E-state index is 12.3. The summed E-state index contributed by atoms with van der Waals surface area (Å²) in [6.07, 6.45) is 0.986. The second-order valence-electron chi connectivity index (χ2n) is 5.03. The second-order valence-corrected chi connectivity index (χ2v) is 6.03. The van der Waals surface area contributed by atoms with Gasteiger partial charge in [0.1, 0.15) is 6.61 Å². The van der Waals surface area contributed by atoms with Crippen molar-refractivity contribution in [3.8, 4) is 11.8 Å². The van der Waals surface area contributed by atoms with Gasteiger partial charge in [-0.05, 0) is 19.4 Å². The topological polar surface area (TPSA) is 49.8 Å². The molecule has 2 unspecified atom stereocenters. The molecule has 0 bridgehead atoms. The Morgan fingerprint density at radius 2 is 2.45 bits per heavy atom. The molecule has 0 aliphatic carbocycles. The average Bonchev–Trinajstić information content (AvgIpc) is 3.04. The van der Waals surface area contributed by atoms with Gasteiger partial charge in [-0.3, -0.25) is 4.79 Å². The fourth-order valence-corrected chi connectivity index (χ4v) is 3.15. The largest absolute Gasteiger partial charge is 0.384 e. The Hall–Kier alpha value is -1.35. The Kier molecular flexibility index (Phi) is 5.18. The minimum atomic E-state index is -0.135. The molecule has 1 N–H and O–H groups in total. The van der Waals surface area contributed by atoms with Gasteiger partial charge >= 0.3 is 0 Å². The van der Waals surface area contributed by atoms with Crippen molar-refractivity contribution < 1.29 is 14.6 Å². The van der Waals surface area contributed by atoms with E-state index in [-0.39, 0.29) is 24.5 Å². The average molecular weight is 293 g/mol. The summed E-state index contributed by atoms with van der Waals surface area (Å²) < 4.78 is 5.45. The van der Waals surface area contributed by atoms with Crippen LogP contribution in [0.25, 0.3) is 0 Å². The summed E-state index contributed by atoms with van der Waals surface area (Å²) in [6.45, 7) is 2.99. The smallest absolute Gasteiger partial charge is 0.228 e. The quantitative estimate of drug-likeness (QED) is 0.859. The van der Waals surface area contributed by atoms with E-state index in [1.54, 1.807) is 16.2 Å². The summed E-state index contributed by atoms with van der Waals surface area (Å²) in [7, 11) is 1.82. The number of ether oxygens (including phenoxy) is 1. The molecule has 2 atom stereocenters. The molecule has 1 fully saturated rings. The molecule has 20 heavy (non-hydrogen) atoms. The number of carbonyl (C=O) groups excluding carboxylic acids is 1. The van der Waals surface area contributed by atoms with Crippen molar-refractivity contribution in [1.82, 2.24) is 4.90 Å². The van der Waals surface area contributed by atoms with E-state index in [1.165, 1.54) is 0 Å². The van der Waals surface area contributed by atoms with Crippen LogP contribution in [0.1, 0.15) is 23.8 Å². The van der Waals surface area contributed by atoms with Crippen molar-refractivity contribution in [3.63, 3.8) is 0 Å². The van der Waals surface area contributed by atoms with Gasteiger partial charge < -0.3 is 14.7 Å². The predicted molar refractivity (Wildman–Crippen MR) is 78.3 cm³/mol. The Bertz CT molecular complexity index is 529. The monoisotopic (exact) mass is 293 g/mol. The highest BCUT2D eigenvalue weighted by molar-refractivity contribution is 7.10. The van der Waals surface area contributed by atoms with E-state index in [1.807, 2.05) is 25.4 Å². The number of nitrogens with zero attached hydrogens (tertiary/aromatic N) is 1. The van der Waals surface area contributed by atoms with E-state index < -0.39 is 0 Å². The number of aliphatic hydroxyl groups excluding tert-OH is 1. The lowest BCUT2D eigenvalue weighted by Crippen LogP contribution is -2.32. The van der Waals surface area contributed by atoms with Crippen LogP contribution in [-0.2, 0) is 16.1 Å². The molecule has 4 nitrogen and oxygen atoms in total. The molecule has 0 aromatic carbocycles. The Morgan fingerprint density at radius 1 is 1.65 bits per heavy atom. The van der Waals surface area contributed by atoms with E-state index in [4.69, 9.17) is 9.84 Å². The van der Waals surface area contributed by atoms with Crippen LogP contribution in [-0.4, -0.2) is 42.3 Å². The highest BCUT2D eigenvalue weighted by Crippen LogP contribution is 2.22. The van der Waals surface area contributed by atoms with Gasteiger partial charge in [-0.15, -0.1) is 11.3 Å². The summed E-state index contributed by atoms with van der Waals surface area (Å²) in [6, 6.07) is 1.96. The third-order valence-corrected chi connectivity index (χ3v) is 4.20. The predicted octanol–water partition coefficient (Wildman–Crippen LogP) is 1.48. The van der Waals surface area contributed by atoms with E-state index >= 15 is 0 Å². The summed E-state index contributed by atoms with van der Waals surface area (Å²) in [5, 5.41) is 10.6. The molecule has 0 radical (unpaired) electrons. The van der Waals surface area contributed by atoms with Gasteiger partial charge in [0, 0.05) is 22.9 Å². The van der Waals surface area contributed by atoms with Gasteiger partial charge in [0.15, 0.2) is 0 Å². The summed E-state index contributed by atoms with van der Waals surface area (Å²) >= 11 is 1.58. The van der Waals surface area contributed by atoms with Gasteiger partial charge in [-0.2, -0.15) is 0 Å². The van der Waals surface area contributed by atoms with Crippen molar-refractivity contribution in [2.45, 2.75) is 26.0 Å². The second kappa shape index (κ2) is 6.89. The zero-order valence-electron chi connectivity index (χ0n) is 11.8. The lowest BCUT2D eigenvalue weighted by Gasteiger charge is -2.19. The number of carbonyl (C=O) groups is 1. The van der Waals surface area contributed by atoms with Crippen LogP contribution in [0.4, 0.5) is 0 Å². The maximum absolute atomic E-state index is 12.3. The van der Waals surface area contributed by atoms with Crippen LogP contribution >= 0.6 is 11.3 Å². The summed E-state index contributed by atoms with van der Waals surface area (Å²) in [5.74, 6) is 5.62. The normalized spacial score (nSPS) is 21.4. The van der Waals surface area contributed by atoms with Crippen LogP contribution in [0.3, 0.4) is 0 Å². The van der Waals surface area contributed by atoms with Crippen LogP contribution in [0.5, 0.6) is 0 Å². The molecule has 2 rings (SSSR count). The molecule has 1 aromatic rings. The highest BCUT2D eigenvalue weighted by Gasteiger charge is 2.30. The Labute approximate surface area is 123 Å². The molecule has 2 heterocycles. The number of hydrogen-bond acceptors (Lipinski definition) is 4. The SMILES string of the molecule is CC1CC(C(=O)N(C)Cc2cc(C#CCO)cs2)CO1. The van der Waals surface area contributed by atoms with Crippen molar-refractivity contribution >= 4 is 17.2 Å². The first-order chi connectivity index (χ1) is 9.60. The van der Waals surface area contributed by atoms with E-state index in [0.29, 0.717) is 13.2 Å².